The summed E-state index contributed by atoms with van der Waals surface area (Å²) < 4.78 is 46.9. The molecular formula is C19H28F3IN4O3. The quantitative estimate of drug-likeness (QED) is 0.299. The number of carbonyl (C=O) groups excluding carboxylic acids is 1. The maximum Gasteiger partial charge on any atom is 0.422 e. The Morgan fingerprint density at radius 1 is 1.20 bits per heavy atom. The van der Waals surface area contributed by atoms with Gasteiger partial charge in [-0.05, 0) is 37.5 Å². The number of methoxy groups -OCH3 is 1. The molecule has 1 amide bonds. The van der Waals surface area contributed by atoms with E-state index in [9.17, 15) is 18.0 Å². The maximum absolute atomic E-state index is 12.3. The predicted molar refractivity (Wildman–Crippen MR) is 119 cm³/mol. The fourth-order valence-electron chi connectivity index (χ4n) is 2.84. The molecule has 1 aromatic rings. The fraction of sp³-hybridized carbons (Fsp3) is 0.579. The number of amides is 1. The van der Waals surface area contributed by atoms with Crippen LogP contribution in [0.2, 0.25) is 0 Å². The van der Waals surface area contributed by atoms with Crippen LogP contribution >= 0.6 is 24.0 Å². The average molecular weight is 544 g/mol. The monoisotopic (exact) mass is 544 g/mol. The second-order valence-corrected chi connectivity index (χ2v) is 6.53. The highest BCUT2D eigenvalue weighted by Crippen LogP contribution is 2.30. The average Bonchev–Trinajstić information content (AvgIpc) is 3.22. The molecule has 1 saturated heterocycles. The number of rotatable bonds is 8. The van der Waals surface area contributed by atoms with E-state index in [1.165, 1.54) is 13.2 Å². The van der Waals surface area contributed by atoms with Crippen LogP contribution in [0.4, 0.5) is 13.2 Å². The van der Waals surface area contributed by atoms with E-state index in [0.29, 0.717) is 12.5 Å². The molecule has 30 heavy (non-hydrogen) atoms. The van der Waals surface area contributed by atoms with Crippen molar-refractivity contribution in [2.24, 2.45) is 4.99 Å². The summed E-state index contributed by atoms with van der Waals surface area (Å²) in [5, 5.41) is 6.07. The lowest BCUT2D eigenvalue weighted by Crippen LogP contribution is -2.44. The number of alkyl halides is 3. The van der Waals surface area contributed by atoms with Gasteiger partial charge in [-0.25, -0.2) is 4.99 Å². The molecule has 0 spiro atoms. The Morgan fingerprint density at radius 3 is 2.50 bits per heavy atom. The van der Waals surface area contributed by atoms with Crippen LogP contribution in [0.15, 0.2) is 23.2 Å². The third kappa shape index (κ3) is 8.84. The number of aliphatic imine (C=N–C) groups is 1. The van der Waals surface area contributed by atoms with Crippen LogP contribution in [0, 0.1) is 0 Å². The van der Waals surface area contributed by atoms with E-state index in [2.05, 4.69) is 15.6 Å². The molecule has 0 unspecified atom stereocenters. The number of carbonyl (C=O) groups is 1. The molecule has 7 nitrogen and oxygen atoms in total. The summed E-state index contributed by atoms with van der Waals surface area (Å²) in [5.41, 5.74) is 0.726. The zero-order valence-electron chi connectivity index (χ0n) is 17.1. The van der Waals surface area contributed by atoms with Gasteiger partial charge in [0.05, 0.1) is 20.2 Å². The van der Waals surface area contributed by atoms with E-state index < -0.39 is 12.8 Å². The van der Waals surface area contributed by atoms with Crippen molar-refractivity contribution in [2.45, 2.75) is 32.5 Å². The minimum atomic E-state index is -4.42. The highest BCUT2D eigenvalue weighted by molar-refractivity contribution is 14.0. The van der Waals surface area contributed by atoms with Crippen LogP contribution in [-0.2, 0) is 11.3 Å². The minimum absolute atomic E-state index is 0. The summed E-state index contributed by atoms with van der Waals surface area (Å²) in [6, 6.07) is 4.62. The zero-order chi connectivity index (χ0) is 21.3. The number of hydrogen-bond acceptors (Lipinski definition) is 4. The number of hydrogen-bond donors (Lipinski definition) is 2. The maximum atomic E-state index is 12.3. The molecule has 170 valence electrons. The first-order valence-electron chi connectivity index (χ1n) is 9.49. The van der Waals surface area contributed by atoms with Gasteiger partial charge >= 0.3 is 6.18 Å². The third-order valence-corrected chi connectivity index (χ3v) is 4.25. The van der Waals surface area contributed by atoms with Gasteiger partial charge in [0.25, 0.3) is 0 Å². The number of guanidine groups is 1. The molecule has 1 aliphatic heterocycles. The van der Waals surface area contributed by atoms with Crippen molar-refractivity contribution in [3.63, 3.8) is 0 Å². The highest BCUT2D eigenvalue weighted by Gasteiger charge is 2.29. The van der Waals surface area contributed by atoms with Gasteiger partial charge in [-0.15, -0.1) is 24.0 Å². The molecule has 0 atom stereocenters. The van der Waals surface area contributed by atoms with Crippen molar-refractivity contribution >= 4 is 35.8 Å². The molecule has 0 aliphatic carbocycles. The van der Waals surface area contributed by atoms with Gasteiger partial charge in [0.15, 0.2) is 24.1 Å². The van der Waals surface area contributed by atoms with Gasteiger partial charge in [0.1, 0.15) is 0 Å². The van der Waals surface area contributed by atoms with Gasteiger partial charge in [0, 0.05) is 19.6 Å². The first-order valence-corrected chi connectivity index (χ1v) is 9.49. The SMILES string of the molecule is CCNC(=NCc1ccc(OCC(F)(F)F)c(OC)c1)NCC(=O)N1CCCC1.I. The van der Waals surface area contributed by atoms with E-state index in [1.807, 2.05) is 11.8 Å². The number of nitrogens with zero attached hydrogens (tertiary/aromatic N) is 2. The lowest BCUT2D eigenvalue weighted by molar-refractivity contribution is -0.153. The van der Waals surface area contributed by atoms with Crippen molar-refractivity contribution in [1.82, 2.24) is 15.5 Å². The topological polar surface area (TPSA) is 75.2 Å². The van der Waals surface area contributed by atoms with Crippen LogP contribution < -0.4 is 20.1 Å². The van der Waals surface area contributed by atoms with Crippen molar-refractivity contribution in [3.8, 4) is 11.5 Å². The smallest absolute Gasteiger partial charge is 0.422 e. The molecule has 1 aliphatic rings. The molecule has 1 fully saturated rings. The second kappa shape index (κ2) is 12.7. The summed E-state index contributed by atoms with van der Waals surface area (Å²) in [4.78, 5) is 18.4. The molecule has 2 rings (SSSR count). The number of ether oxygens (including phenoxy) is 2. The summed E-state index contributed by atoms with van der Waals surface area (Å²) in [5.74, 6) is 0.722. The normalized spacial score (nSPS) is 14.2. The summed E-state index contributed by atoms with van der Waals surface area (Å²) in [6.45, 7) is 3.13. The van der Waals surface area contributed by atoms with Gasteiger partial charge in [-0.3, -0.25) is 4.79 Å². The van der Waals surface area contributed by atoms with E-state index in [4.69, 9.17) is 9.47 Å². The van der Waals surface area contributed by atoms with Crippen molar-refractivity contribution in [3.05, 3.63) is 23.8 Å². The van der Waals surface area contributed by atoms with E-state index in [-0.39, 0.29) is 54.5 Å². The number of likely N-dealkylation sites (tertiary alicyclic amines) is 1. The van der Waals surface area contributed by atoms with Crippen LogP contribution in [0.3, 0.4) is 0 Å². The van der Waals surface area contributed by atoms with Crippen LogP contribution in [0.25, 0.3) is 0 Å². The molecule has 1 heterocycles. The Balaban J connectivity index is 0.00000450. The van der Waals surface area contributed by atoms with Crippen molar-refractivity contribution in [2.75, 3.05) is 39.9 Å². The minimum Gasteiger partial charge on any atom is -0.493 e. The molecule has 2 N–H and O–H groups in total. The van der Waals surface area contributed by atoms with Crippen molar-refractivity contribution in [1.29, 1.82) is 0 Å². The molecule has 0 radical (unpaired) electrons. The van der Waals surface area contributed by atoms with Gasteiger partial charge in [0.2, 0.25) is 5.91 Å². The number of halogens is 4. The van der Waals surface area contributed by atoms with Gasteiger partial charge in [-0.2, -0.15) is 13.2 Å². The second-order valence-electron chi connectivity index (χ2n) is 6.53. The van der Waals surface area contributed by atoms with Gasteiger partial charge < -0.3 is 25.0 Å². The zero-order valence-corrected chi connectivity index (χ0v) is 19.4. The van der Waals surface area contributed by atoms with E-state index >= 15 is 0 Å². The lowest BCUT2D eigenvalue weighted by Gasteiger charge is -2.17. The molecule has 0 saturated carbocycles. The van der Waals surface area contributed by atoms with Crippen LogP contribution in [-0.4, -0.2) is 62.8 Å². The van der Waals surface area contributed by atoms with Crippen molar-refractivity contribution < 1.29 is 27.4 Å². The summed E-state index contributed by atoms with van der Waals surface area (Å²) >= 11 is 0. The van der Waals surface area contributed by atoms with E-state index in [1.54, 1.807) is 12.1 Å². The Bertz CT molecular complexity index is 711. The number of benzene rings is 1. The Morgan fingerprint density at radius 2 is 1.90 bits per heavy atom. The molecule has 0 bridgehead atoms. The van der Waals surface area contributed by atoms with Crippen LogP contribution in [0.5, 0.6) is 11.5 Å². The van der Waals surface area contributed by atoms with Gasteiger partial charge in [-0.1, -0.05) is 6.07 Å². The standard InChI is InChI=1S/C19H27F3N4O3.HI/c1-3-23-18(25-12-17(27)26-8-4-5-9-26)24-11-14-6-7-15(16(10-14)28-2)29-13-19(20,21)22;/h6-7,10H,3-5,8-9,11-13H2,1-2H3,(H2,23,24,25);1H. The lowest BCUT2D eigenvalue weighted by atomic mass is 10.2. The number of nitrogens with one attached hydrogen (secondary N) is 2. The first-order chi connectivity index (χ1) is 13.8. The van der Waals surface area contributed by atoms with Crippen LogP contribution in [0.1, 0.15) is 25.3 Å². The Labute approximate surface area is 191 Å². The fourth-order valence-corrected chi connectivity index (χ4v) is 2.84. The molecular weight excluding hydrogens is 516 g/mol. The Hall–Kier alpha value is -1.92. The summed E-state index contributed by atoms with van der Waals surface area (Å²) in [6.07, 6.45) is -2.36. The third-order valence-electron chi connectivity index (χ3n) is 4.25. The largest absolute Gasteiger partial charge is 0.493 e. The predicted octanol–water partition coefficient (Wildman–Crippen LogP) is 2.93. The Kier molecular flexibility index (Phi) is 11.1. The molecule has 0 aromatic heterocycles. The van der Waals surface area contributed by atoms with E-state index in [0.717, 1.165) is 31.5 Å². The molecule has 1 aromatic carbocycles. The summed E-state index contributed by atoms with van der Waals surface area (Å²) in [7, 11) is 1.36. The highest BCUT2D eigenvalue weighted by atomic mass is 127. The molecule has 11 heteroatoms. The first kappa shape index (κ1) is 26.1.